The van der Waals surface area contributed by atoms with Gasteiger partial charge in [0.15, 0.2) is 0 Å². The van der Waals surface area contributed by atoms with E-state index in [1.807, 2.05) is 6.07 Å². The molecule has 0 unspecified atom stereocenters. The van der Waals surface area contributed by atoms with Gasteiger partial charge in [0, 0.05) is 0 Å². The van der Waals surface area contributed by atoms with Crippen LogP contribution in [-0.4, -0.2) is 11.1 Å². The van der Waals surface area contributed by atoms with Gasteiger partial charge < -0.3 is 9.84 Å². The van der Waals surface area contributed by atoms with Gasteiger partial charge in [0.1, 0.15) is 18.2 Å². The quantitative estimate of drug-likeness (QED) is 0.912. The maximum Gasteiger partial charge on any atom is 0.335 e. The van der Waals surface area contributed by atoms with Crippen molar-refractivity contribution in [1.29, 1.82) is 5.26 Å². The van der Waals surface area contributed by atoms with Crippen LogP contribution in [0.15, 0.2) is 40.9 Å². The van der Waals surface area contributed by atoms with E-state index in [1.54, 1.807) is 0 Å². The molecule has 2 rings (SSSR count). The largest absolute Gasteiger partial charge is 0.488 e. The van der Waals surface area contributed by atoms with Crippen molar-refractivity contribution in [3.05, 3.63) is 63.4 Å². The van der Waals surface area contributed by atoms with E-state index in [1.165, 1.54) is 30.3 Å². The lowest BCUT2D eigenvalue weighted by molar-refractivity contribution is 0.0696. The van der Waals surface area contributed by atoms with Crippen molar-refractivity contribution in [2.24, 2.45) is 0 Å². The van der Waals surface area contributed by atoms with Gasteiger partial charge in [0.05, 0.1) is 21.7 Å². The van der Waals surface area contributed by atoms with Gasteiger partial charge in [-0.3, -0.25) is 0 Å². The number of nitrogens with zero attached hydrogens (tertiary/aromatic N) is 1. The summed E-state index contributed by atoms with van der Waals surface area (Å²) in [5.41, 5.74) is 0.862. The van der Waals surface area contributed by atoms with Gasteiger partial charge in [-0.05, 0) is 57.9 Å². The first-order valence-corrected chi connectivity index (χ1v) is 6.64. The third-order valence-corrected chi connectivity index (χ3v) is 3.28. The van der Waals surface area contributed by atoms with Crippen molar-refractivity contribution in [2.45, 2.75) is 6.61 Å². The van der Waals surface area contributed by atoms with Crippen LogP contribution in [0.25, 0.3) is 0 Å². The summed E-state index contributed by atoms with van der Waals surface area (Å²) in [6.45, 7) is 0.0669. The zero-order valence-corrected chi connectivity index (χ0v) is 12.2. The molecule has 0 aromatic heterocycles. The number of carboxylic acid groups (broad SMARTS) is 1. The van der Waals surface area contributed by atoms with Crippen molar-refractivity contribution in [2.75, 3.05) is 0 Å². The summed E-state index contributed by atoms with van der Waals surface area (Å²) < 4.78 is 19.3. The Labute approximate surface area is 128 Å². The summed E-state index contributed by atoms with van der Waals surface area (Å²) in [6, 6.07) is 10.2. The molecule has 4 nitrogen and oxygen atoms in total. The number of rotatable bonds is 4. The Morgan fingerprint density at radius 3 is 2.71 bits per heavy atom. The third-order valence-electron chi connectivity index (χ3n) is 2.66. The smallest absolute Gasteiger partial charge is 0.335 e. The second kappa shape index (κ2) is 6.37. The first kappa shape index (κ1) is 15.0. The lowest BCUT2D eigenvalue weighted by Gasteiger charge is -2.09. The van der Waals surface area contributed by atoms with Gasteiger partial charge in [-0.15, -0.1) is 0 Å². The molecule has 0 spiro atoms. The Hall–Kier alpha value is -2.39. The highest BCUT2D eigenvalue weighted by molar-refractivity contribution is 9.10. The Morgan fingerprint density at radius 2 is 2.10 bits per heavy atom. The average molecular weight is 350 g/mol. The van der Waals surface area contributed by atoms with E-state index in [0.717, 1.165) is 6.07 Å². The number of halogens is 2. The standard InChI is InChI=1S/C15H9BrFNO3/c16-13-6-11(15(19)20)1-2-14(13)21-8-10-3-9(7-18)4-12(17)5-10/h1-6H,8H2,(H,19,20). The minimum atomic E-state index is -1.04. The van der Waals surface area contributed by atoms with Crippen LogP contribution in [-0.2, 0) is 6.61 Å². The van der Waals surface area contributed by atoms with Crippen molar-refractivity contribution in [3.8, 4) is 11.8 Å². The number of aromatic carboxylic acids is 1. The van der Waals surface area contributed by atoms with Crippen LogP contribution >= 0.6 is 15.9 Å². The van der Waals surface area contributed by atoms with Gasteiger partial charge in [-0.25, -0.2) is 9.18 Å². The Balaban J connectivity index is 2.15. The number of nitriles is 1. The summed E-state index contributed by atoms with van der Waals surface area (Å²) in [7, 11) is 0. The minimum Gasteiger partial charge on any atom is -0.488 e. The van der Waals surface area contributed by atoms with Crippen LogP contribution in [0, 0.1) is 17.1 Å². The second-order valence-corrected chi connectivity index (χ2v) is 5.05. The maximum absolute atomic E-state index is 13.3. The van der Waals surface area contributed by atoms with Gasteiger partial charge in [-0.1, -0.05) is 0 Å². The SMILES string of the molecule is N#Cc1cc(F)cc(COc2ccc(C(=O)O)cc2Br)c1. The number of hydrogen-bond donors (Lipinski definition) is 1. The lowest BCUT2D eigenvalue weighted by Crippen LogP contribution is -2.00. The van der Waals surface area contributed by atoms with E-state index in [4.69, 9.17) is 15.1 Å². The molecular formula is C15H9BrFNO3. The van der Waals surface area contributed by atoms with E-state index >= 15 is 0 Å². The molecule has 2 aromatic rings. The average Bonchev–Trinajstić information content (AvgIpc) is 2.45. The normalized spacial score (nSPS) is 9.95. The van der Waals surface area contributed by atoms with Crippen LogP contribution in [0.5, 0.6) is 5.75 Å². The number of benzene rings is 2. The monoisotopic (exact) mass is 349 g/mol. The first-order valence-electron chi connectivity index (χ1n) is 5.85. The molecule has 106 valence electrons. The number of carbonyl (C=O) groups is 1. The van der Waals surface area contributed by atoms with E-state index in [0.29, 0.717) is 15.8 Å². The van der Waals surface area contributed by atoms with Gasteiger partial charge in [-0.2, -0.15) is 5.26 Å². The van der Waals surface area contributed by atoms with Crippen LogP contribution in [0.3, 0.4) is 0 Å². The summed E-state index contributed by atoms with van der Waals surface area (Å²) in [4.78, 5) is 10.8. The molecule has 6 heteroatoms. The third kappa shape index (κ3) is 3.80. The van der Waals surface area contributed by atoms with Crippen LogP contribution in [0.4, 0.5) is 4.39 Å². The molecule has 1 N–H and O–H groups in total. The van der Waals surface area contributed by atoms with Crippen LogP contribution < -0.4 is 4.74 Å². The molecule has 0 atom stereocenters. The summed E-state index contributed by atoms with van der Waals surface area (Å²) in [5, 5.41) is 17.6. The number of carboxylic acids is 1. The summed E-state index contributed by atoms with van der Waals surface area (Å²) >= 11 is 3.22. The molecule has 0 saturated heterocycles. The fraction of sp³-hybridized carbons (Fsp3) is 0.0667. The number of hydrogen-bond acceptors (Lipinski definition) is 3. The highest BCUT2D eigenvalue weighted by Gasteiger charge is 2.08. The van der Waals surface area contributed by atoms with Crippen molar-refractivity contribution in [1.82, 2.24) is 0 Å². The summed E-state index contributed by atoms with van der Waals surface area (Å²) in [6.07, 6.45) is 0. The first-order chi connectivity index (χ1) is 9.99. The Kier molecular flexibility index (Phi) is 4.55. The van der Waals surface area contributed by atoms with Gasteiger partial charge in [0.25, 0.3) is 0 Å². The maximum atomic E-state index is 13.3. The molecule has 0 amide bonds. The Bertz CT molecular complexity index is 740. The molecule has 0 heterocycles. The fourth-order valence-electron chi connectivity index (χ4n) is 1.71. The highest BCUT2D eigenvalue weighted by atomic mass is 79.9. The highest BCUT2D eigenvalue weighted by Crippen LogP contribution is 2.27. The predicted molar refractivity (Wildman–Crippen MR) is 76.5 cm³/mol. The second-order valence-electron chi connectivity index (χ2n) is 4.20. The molecule has 0 aliphatic rings. The Morgan fingerprint density at radius 1 is 1.33 bits per heavy atom. The van der Waals surface area contributed by atoms with E-state index in [2.05, 4.69) is 15.9 Å². The van der Waals surface area contributed by atoms with E-state index < -0.39 is 11.8 Å². The molecule has 2 aromatic carbocycles. The van der Waals surface area contributed by atoms with E-state index in [-0.39, 0.29) is 17.7 Å². The van der Waals surface area contributed by atoms with Crippen molar-refractivity contribution < 1.29 is 19.0 Å². The summed E-state index contributed by atoms with van der Waals surface area (Å²) in [5.74, 6) is -1.11. The minimum absolute atomic E-state index is 0.0669. The van der Waals surface area contributed by atoms with Crippen molar-refractivity contribution >= 4 is 21.9 Å². The van der Waals surface area contributed by atoms with Gasteiger partial charge in [0.2, 0.25) is 0 Å². The number of ether oxygens (including phenoxy) is 1. The molecule has 0 aliphatic heterocycles. The van der Waals surface area contributed by atoms with Crippen LogP contribution in [0.1, 0.15) is 21.5 Å². The molecule has 0 saturated carbocycles. The molecule has 0 bridgehead atoms. The molecule has 0 aliphatic carbocycles. The molecule has 0 fully saturated rings. The zero-order valence-electron chi connectivity index (χ0n) is 10.6. The van der Waals surface area contributed by atoms with Crippen LogP contribution in [0.2, 0.25) is 0 Å². The topological polar surface area (TPSA) is 70.3 Å². The molecule has 0 radical (unpaired) electrons. The van der Waals surface area contributed by atoms with Crippen molar-refractivity contribution in [3.63, 3.8) is 0 Å². The molecular weight excluding hydrogens is 341 g/mol. The lowest BCUT2D eigenvalue weighted by atomic mass is 10.1. The zero-order chi connectivity index (χ0) is 15.4. The van der Waals surface area contributed by atoms with Gasteiger partial charge >= 0.3 is 5.97 Å². The fourth-order valence-corrected chi connectivity index (χ4v) is 2.20. The van der Waals surface area contributed by atoms with E-state index in [9.17, 15) is 9.18 Å². The predicted octanol–water partition coefficient (Wildman–Crippen LogP) is 3.74. The molecule has 21 heavy (non-hydrogen) atoms.